The van der Waals surface area contributed by atoms with Crippen molar-refractivity contribution < 1.29 is 8.42 Å². The van der Waals surface area contributed by atoms with Crippen molar-refractivity contribution >= 4 is 10.0 Å². The molecule has 0 aromatic carbocycles. The van der Waals surface area contributed by atoms with E-state index in [1.54, 1.807) is 7.05 Å². The Bertz CT molecular complexity index is 231. The van der Waals surface area contributed by atoms with Gasteiger partial charge in [-0.2, -0.15) is 0 Å². The number of hydrogen-bond donors (Lipinski definition) is 0. The minimum Gasteiger partial charge on any atom is -0.213 e. The lowest BCUT2D eigenvalue weighted by atomic mass is 9.90. The highest BCUT2D eigenvalue weighted by Gasteiger charge is 2.21. The van der Waals surface area contributed by atoms with Gasteiger partial charge in [-0.25, -0.2) is 12.7 Å². The van der Waals surface area contributed by atoms with Crippen molar-refractivity contribution in [1.82, 2.24) is 4.31 Å². The molecular formula is C8H19NO2S. The average Bonchev–Trinajstić information content (AvgIpc) is 1.85. The number of rotatable bonds is 4. The summed E-state index contributed by atoms with van der Waals surface area (Å²) >= 11 is 0. The van der Waals surface area contributed by atoms with Crippen molar-refractivity contribution in [2.75, 3.05) is 19.8 Å². The molecule has 0 rings (SSSR count). The highest BCUT2D eigenvalue weighted by Crippen LogP contribution is 2.21. The molecule has 0 atom stereocenters. The molecule has 0 aliphatic carbocycles. The zero-order valence-electron chi connectivity index (χ0n) is 8.59. The smallest absolute Gasteiger partial charge is 0.210 e. The first kappa shape index (κ1) is 11.9. The molecule has 74 valence electrons. The topological polar surface area (TPSA) is 37.4 Å². The van der Waals surface area contributed by atoms with Crippen LogP contribution in [-0.4, -0.2) is 32.6 Å². The molecule has 0 radical (unpaired) electrons. The van der Waals surface area contributed by atoms with Gasteiger partial charge in [0.25, 0.3) is 0 Å². The van der Waals surface area contributed by atoms with Crippen LogP contribution in [0.3, 0.4) is 0 Å². The molecule has 0 N–H and O–H groups in total. The van der Waals surface area contributed by atoms with Crippen molar-refractivity contribution in [3.8, 4) is 0 Å². The molecule has 0 aliphatic rings. The summed E-state index contributed by atoms with van der Waals surface area (Å²) in [5.41, 5.74) is 0.0673. The third-order valence-corrected chi connectivity index (χ3v) is 3.44. The van der Waals surface area contributed by atoms with Gasteiger partial charge in [0.15, 0.2) is 0 Å². The van der Waals surface area contributed by atoms with E-state index in [0.29, 0.717) is 6.54 Å². The number of sulfonamides is 1. The second kappa shape index (κ2) is 3.75. The number of nitrogens with zero attached hydrogens (tertiary/aromatic N) is 1. The van der Waals surface area contributed by atoms with Crippen LogP contribution in [0.15, 0.2) is 0 Å². The molecular weight excluding hydrogens is 174 g/mol. The third kappa shape index (κ3) is 4.07. The molecule has 0 bridgehead atoms. The first-order valence-electron chi connectivity index (χ1n) is 4.10. The van der Waals surface area contributed by atoms with Gasteiger partial charge in [0.05, 0.1) is 6.26 Å². The molecule has 12 heavy (non-hydrogen) atoms. The summed E-state index contributed by atoms with van der Waals surface area (Å²) in [5.74, 6) is 0. The van der Waals surface area contributed by atoms with Gasteiger partial charge in [-0.3, -0.25) is 0 Å². The maximum Gasteiger partial charge on any atom is 0.210 e. The van der Waals surface area contributed by atoms with E-state index in [4.69, 9.17) is 0 Å². The third-order valence-electron chi connectivity index (χ3n) is 2.17. The average molecular weight is 193 g/mol. The van der Waals surface area contributed by atoms with E-state index in [2.05, 4.69) is 20.8 Å². The van der Waals surface area contributed by atoms with Crippen LogP contribution in [0.5, 0.6) is 0 Å². The summed E-state index contributed by atoms with van der Waals surface area (Å²) in [6.07, 6.45) is 2.21. The molecule has 0 aliphatic heterocycles. The van der Waals surface area contributed by atoms with Gasteiger partial charge in [-0.05, 0) is 11.8 Å². The Morgan fingerprint density at radius 2 is 1.75 bits per heavy atom. The minimum absolute atomic E-state index is 0.0673. The Morgan fingerprint density at radius 1 is 1.33 bits per heavy atom. The minimum atomic E-state index is -3.01. The van der Waals surface area contributed by atoms with Crippen LogP contribution in [0.1, 0.15) is 27.2 Å². The van der Waals surface area contributed by atoms with Gasteiger partial charge >= 0.3 is 0 Å². The fourth-order valence-electron chi connectivity index (χ4n) is 0.832. The Hall–Kier alpha value is -0.0900. The maximum absolute atomic E-state index is 11.1. The lowest BCUT2D eigenvalue weighted by Gasteiger charge is -2.27. The molecule has 0 aromatic heterocycles. The first-order valence-corrected chi connectivity index (χ1v) is 5.95. The fourth-order valence-corrected chi connectivity index (χ4v) is 1.42. The molecule has 0 heterocycles. The summed E-state index contributed by atoms with van der Waals surface area (Å²) in [7, 11) is -1.39. The van der Waals surface area contributed by atoms with E-state index in [1.807, 2.05) is 0 Å². The second-order valence-corrected chi connectivity index (χ2v) is 6.13. The highest BCUT2D eigenvalue weighted by atomic mass is 32.2. The van der Waals surface area contributed by atoms with Gasteiger partial charge < -0.3 is 0 Å². The molecule has 0 amide bonds. The van der Waals surface area contributed by atoms with Crippen LogP contribution in [-0.2, 0) is 10.0 Å². The first-order chi connectivity index (χ1) is 5.19. The number of hydrogen-bond acceptors (Lipinski definition) is 2. The molecule has 3 nitrogen and oxygen atoms in total. The fraction of sp³-hybridized carbons (Fsp3) is 1.00. The van der Waals surface area contributed by atoms with Gasteiger partial charge in [0, 0.05) is 13.6 Å². The summed E-state index contributed by atoms with van der Waals surface area (Å²) in [6.45, 7) is 6.78. The molecule has 4 heteroatoms. The molecule has 0 saturated carbocycles. The van der Waals surface area contributed by atoms with Crippen LogP contribution in [0.2, 0.25) is 0 Å². The molecule has 0 spiro atoms. The summed E-state index contributed by atoms with van der Waals surface area (Å²) in [4.78, 5) is 0. The maximum atomic E-state index is 11.1. The molecule has 0 unspecified atom stereocenters. The van der Waals surface area contributed by atoms with Gasteiger partial charge in [0.1, 0.15) is 0 Å². The Balaban J connectivity index is 4.29. The quantitative estimate of drug-likeness (QED) is 0.675. The lowest BCUT2D eigenvalue weighted by molar-refractivity contribution is 0.275. The second-order valence-electron chi connectivity index (χ2n) is 4.04. The van der Waals surface area contributed by atoms with Gasteiger partial charge in [-0.15, -0.1) is 0 Å². The van der Waals surface area contributed by atoms with Crippen molar-refractivity contribution in [3.63, 3.8) is 0 Å². The zero-order valence-corrected chi connectivity index (χ0v) is 9.40. The summed E-state index contributed by atoms with van der Waals surface area (Å²) in [5, 5.41) is 0. The normalized spacial score (nSPS) is 13.8. The predicted molar refractivity (Wildman–Crippen MR) is 51.5 cm³/mol. The molecule has 0 aromatic rings. The standard InChI is InChI=1S/C8H19NO2S/c1-6-8(2,3)7-9(4)12(5,10)11/h6-7H2,1-5H3. The van der Waals surface area contributed by atoms with Crippen LogP contribution in [0.4, 0.5) is 0 Å². The molecule has 0 saturated heterocycles. The Kier molecular flexibility index (Phi) is 3.72. The predicted octanol–water partition coefficient (Wildman–Crippen LogP) is 1.31. The summed E-state index contributed by atoms with van der Waals surface area (Å²) in [6, 6.07) is 0. The monoisotopic (exact) mass is 193 g/mol. The van der Waals surface area contributed by atoms with Gasteiger partial charge in [0.2, 0.25) is 10.0 Å². The lowest BCUT2D eigenvalue weighted by Crippen LogP contribution is -2.34. The van der Waals surface area contributed by atoms with E-state index in [0.717, 1.165) is 6.42 Å². The van der Waals surface area contributed by atoms with E-state index >= 15 is 0 Å². The van der Waals surface area contributed by atoms with E-state index in [9.17, 15) is 8.42 Å². The SMILES string of the molecule is CCC(C)(C)CN(C)S(C)(=O)=O. The zero-order chi connectivity index (χ0) is 9.99. The summed E-state index contributed by atoms with van der Waals surface area (Å²) < 4.78 is 23.5. The van der Waals surface area contributed by atoms with Crippen LogP contribution >= 0.6 is 0 Å². The van der Waals surface area contributed by atoms with Crippen molar-refractivity contribution in [1.29, 1.82) is 0 Å². The van der Waals surface area contributed by atoms with Gasteiger partial charge in [-0.1, -0.05) is 20.8 Å². The largest absolute Gasteiger partial charge is 0.213 e. The van der Waals surface area contributed by atoms with E-state index in [1.165, 1.54) is 10.6 Å². The highest BCUT2D eigenvalue weighted by molar-refractivity contribution is 7.88. The van der Waals surface area contributed by atoms with E-state index < -0.39 is 10.0 Å². The van der Waals surface area contributed by atoms with Crippen LogP contribution in [0, 0.1) is 5.41 Å². The van der Waals surface area contributed by atoms with Crippen LogP contribution in [0.25, 0.3) is 0 Å². The van der Waals surface area contributed by atoms with Crippen molar-refractivity contribution in [2.45, 2.75) is 27.2 Å². The van der Waals surface area contributed by atoms with Crippen molar-refractivity contribution in [2.24, 2.45) is 5.41 Å². The Labute approximate surface area is 75.8 Å². The van der Waals surface area contributed by atoms with Crippen LogP contribution < -0.4 is 0 Å². The Morgan fingerprint density at radius 3 is 2.00 bits per heavy atom. The molecule has 0 fully saturated rings. The van der Waals surface area contributed by atoms with E-state index in [-0.39, 0.29) is 5.41 Å². The van der Waals surface area contributed by atoms with Crippen molar-refractivity contribution in [3.05, 3.63) is 0 Å².